The third kappa shape index (κ3) is 5.75. The van der Waals surface area contributed by atoms with Crippen LogP contribution in [-0.4, -0.2) is 44.7 Å². The molecule has 0 bridgehead atoms. The molecule has 3 rings (SSSR count). The van der Waals surface area contributed by atoms with Gasteiger partial charge >= 0.3 is 13.8 Å². The molecule has 2 unspecified atom stereocenters. The minimum Gasteiger partial charge on any atom is -0.506 e. The van der Waals surface area contributed by atoms with E-state index in [1.165, 1.54) is 13.3 Å². The van der Waals surface area contributed by atoms with Gasteiger partial charge in [0, 0.05) is 36.0 Å². The van der Waals surface area contributed by atoms with Crippen molar-refractivity contribution in [3.8, 4) is 5.75 Å². The van der Waals surface area contributed by atoms with Gasteiger partial charge in [-0.25, -0.2) is 4.57 Å². The van der Waals surface area contributed by atoms with E-state index >= 15 is 0 Å². The van der Waals surface area contributed by atoms with E-state index in [9.17, 15) is 14.5 Å². The molecule has 0 radical (unpaired) electrons. The van der Waals surface area contributed by atoms with Gasteiger partial charge in [0.2, 0.25) is 0 Å². The van der Waals surface area contributed by atoms with Crippen LogP contribution in [0.25, 0.3) is 0 Å². The van der Waals surface area contributed by atoms with Gasteiger partial charge in [0.1, 0.15) is 11.8 Å². The van der Waals surface area contributed by atoms with Gasteiger partial charge in [-0.1, -0.05) is 18.2 Å². The number of carbonyl (C=O) groups is 1. The summed E-state index contributed by atoms with van der Waals surface area (Å²) in [6, 6.07) is -0.728. The lowest BCUT2D eigenvalue weighted by atomic mass is 9.89. The molecule has 0 aromatic carbocycles. The van der Waals surface area contributed by atoms with Crippen molar-refractivity contribution in [3.63, 3.8) is 0 Å². The van der Waals surface area contributed by atoms with Crippen molar-refractivity contribution in [3.05, 3.63) is 59.1 Å². The fourth-order valence-electron chi connectivity index (χ4n) is 3.39. The number of phosphoric ester groups is 1. The number of aryl methyl sites for hydroxylation is 1. The fourth-order valence-corrected chi connectivity index (χ4v) is 3.69. The number of nitrogens with one attached hydrogen (secondary N) is 1. The highest BCUT2D eigenvalue weighted by Gasteiger charge is 2.29. The number of hydrogen-bond acceptors (Lipinski definition) is 8. The maximum absolute atomic E-state index is 12.4. The standard InChI is InChI=1S/C20H24N3O7P/c1-12-19(24)16(14(9-21-12)11-30-31(26,27)28)10-23-18(20(25)29-2)7-13-8-22-17-6-4-3-5-15(13)17/h3-6,8-9,15,18,23-24H,7,10-11H2,1-2H3,(H2,26,27,28). The molecule has 0 amide bonds. The molecule has 2 atom stereocenters. The van der Waals surface area contributed by atoms with Crippen LogP contribution in [0.5, 0.6) is 5.75 Å². The van der Waals surface area contributed by atoms with Crippen LogP contribution in [0.3, 0.4) is 0 Å². The van der Waals surface area contributed by atoms with E-state index in [0.29, 0.717) is 17.7 Å². The van der Waals surface area contributed by atoms with Crippen LogP contribution < -0.4 is 5.32 Å². The van der Waals surface area contributed by atoms with Gasteiger partial charge in [-0.3, -0.25) is 24.6 Å². The van der Waals surface area contributed by atoms with Crippen LogP contribution in [-0.2, 0) is 31.8 Å². The first-order chi connectivity index (χ1) is 14.7. The number of methoxy groups -OCH3 is 1. The number of aromatic nitrogens is 1. The summed E-state index contributed by atoms with van der Waals surface area (Å²) in [6.45, 7) is 1.16. The Kier molecular flexibility index (Phi) is 7.19. The quantitative estimate of drug-likeness (QED) is 0.327. The maximum Gasteiger partial charge on any atom is 0.469 e. The van der Waals surface area contributed by atoms with E-state index in [1.54, 1.807) is 13.1 Å². The Hall–Kier alpha value is -2.62. The van der Waals surface area contributed by atoms with Gasteiger partial charge in [-0.15, -0.1) is 0 Å². The highest BCUT2D eigenvalue weighted by atomic mass is 31.2. The summed E-state index contributed by atoms with van der Waals surface area (Å²) in [4.78, 5) is 38.7. The number of rotatable bonds is 9. The van der Waals surface area contributed by atoms with Crippen LogP contribution in [0.15, 0.2) is 47.3 Å². The van der Waals surface area contributed by atoms with Gasteiger partial charge in [0.05, 0.1) is 25.1 Å². The molecule has 166 valence electrons. The number of fused-ring (bicyclic) bond motifs is 1. The average molecular weight is 449 g/mol. The summed E-state index contributed by atoms with van der Waals surface area (Å²) in [7, 11) is -3.42. The fraction of sp³-hybridized carbons (Fsp3) is 0.350. The number of aromatic hydroxyl groups is 1. The minimum atomic E-state index is -4.71. The molecule has 1 aromatic heterocycles. The summed E-state index contributed by atoms with van der Waals surface area (Å²) in [5.41, 5.74) is 2.79. The zero-order valence-corrected chi connectivity index (χ0v) is 18.0. The molecule has 4 N–H and O–H groups in total. The average Bonchev–Trinajstić information content (AvgIpc) is 3.14. The number of esters is 1. The minimum absolute atomic E-state index is 0.00254. The predicted octanol–water partition coefficient (Wildman–Crippen LogP) is 1.81. The first-order valence-electron chi connectivity index (χ1n) is 9.48. The van der Waals surface area contributed by atoms with E-state index in [2.05, 4.69) is 19.8 Å². The summed E-state index contributed by atoms with van der Waals surface area (Å²) in [5, 5.41) is 13.5. The summed E-state index contributed by atoms with van der Waals surface area (Å²) in [5.74, 6) is -0.625. The Balaban J connectivity index is 1.75. The molecule has 11 heteroatoms. The normalized spacial score (nSPS) is 18.4. The Bertz CT molecular complexity index is 1030. The Morgan fingerprint density at radius 3 is 2.84 bits per heavy atom. The number of carbonyl (C=O) groups excluding carboxylic acids is 1. The van der Waals surface area contributed by atoms with Crippen molar-refractivity contribution in [2.45, 2.75) is 32.5 Å². The largest absolute Gasteiger partial charge is 0.506 e. The molecular formula is C20H24N3O7P. The van der Waals surface area contributed by atoms with Gasteiger partial charge in [0.25, 0.3) is 0 Å². The van der Waals surface area contributed by atoms with E-state index in [4.69, 9.17) is 14.5 Å². The number of pyridine rings is 1. The van der Waals surface area contributed by atoms with Gasteiger partial charge in [0.15, 0.2) is 0 Å². The van der Waals surface area contributed by atoms with Crippen molar-refractivity contribution in [2.24, 2.45) is 10.9 Å². The molecule has 0 saturated carbocycles. The summed E-state index contributed by atoms with van der Waals surface area (Å²) >= 11 is 0. The van der Waals surface area contributed by atoms with Crippen molar-refractivity contribution in [1.29, 1.82) is 0 Å². The first-order valence-corrected chi connectivity index (χ1v) is 11.0. The zero-order valence-electron chi connectivity index (χ0n) is 17.1. The third-order valence-electron chi connectivity index (χ3n) is 5.05. The van der Waals surface area contributed by atoms with E-state index in [-0.39, 0.29) is 23.8 Å². The monoisotopic (exact) mass is 449 g/mol. The smallest absolute Gasteiger partial charge is 0.469 e. The van der Waals surface area contributed by atoms with Gasteiger partial charge in [-0.05, 0) is 25.0 Å². The molecule has 10 nitrogen and oxygen atoms in total. The second-order valence-electron chi connectivity index (χ2n) is 7.10. The summed E-state index contributed by atoms with van der Waals surface area (Å²) in [6.07, 6.45) is 11.2. The molecule has 0 spiro atoms. The van der Waals surface area contributed by atoms with Crippen LogP contribution >= 0.6 is 7.82 Å². The van der Waals surface area contributed by atoms with E-state index in [0.717, 1.165) is 11.3 Å². The van der Waals surface area contributed by atoms with E-state index in [1.807, 2.05) is 24.3 Å². The van der Waals surface area contributed by atoms with Crippen molar-refractivity contribution < 1.29 is 33.5 Å². The molecular weight excluding hydrogens is 425 g/mol. The molecule has 1 aliphatic heterocycles. The Morgan fingerprint density at radius 2 is 2.13 bits per heavy atom. The lowest BCUT2D eigenvalue weighted by molar-refractivity contribution is -0.143. The second-order valence-corrected chi connectivity index (χ2v) is 8.34. The number of allylic oxidation sites excluding steroid dienone is 4. The van der Waals surface area contributed by atoms with Crippen LogP contribution in [0.1, 0.15) is 23.2 Å². The summed E-state index contributed by atoms with van der Waals surface area (Å²) < 4.78 is 20.5. The number of nitrogens with zero attached hydrogens (tertiary/aromatic N) is 2. The van der Waals surface area contributed by atoms with Crippen LogP contribution in [0, 0.1) is 12.8 Å². The number of ether oxygens (including phenoxy) is 1. The molecule has 0 saturated heterocycles. The van der Waals surface area contributed by atoms with E-state index < -0.39 is 26.4 Å². The number of hydrogen-bond donors (Lipinski definition) is 4. The predicted molar refractivity (Wildman–Crippen MR) is 112 cm³/mol. The molecule has 2 aliphatic rings. The Morgan fingerprint density at radius 1 is 1.35 bits per heavy atom. The molecule has 1 aromatic rings. The van der Waals surface area contributed by atoms with Gasteiger partial charge in [-0.2, -0.15) is 0 Å². The SMILES string of the molecule is COC(=O)C(CC1=CN=C2C=CC=CC12)NCc1c(COP(=O)(O)O)cnc(C)c1O. The number of phosphoric acid groups is 1. The molecule has 2 heterocycles. The van der Waals surface area contributed by atoms with Crippen LogP contribution in [0.4, 0.5) is 0 Å². The van der Waals surface area contributed by atoms with Gasteiger partial charge < -0.3 is 19.6 Å². The first kappa shape index (κ1) is 23.1. The second kappa shape index (κ2) is 9.67. The Labute approximate surface area is 179 Å². The maximum atomic E-state index is 12.4. The van der Waals surface area contributed by atoms with Crippen molar-refractivity contribution in [1.82, 2.24) is 10.3 Å². The van der Waals surface area contributed by atoms with Crippen molar-refractivity contribution >= 4 is 19.5 Å². The number of aliphatic imine (C=N–C) groups is 1. The lowest BCUT2D eigenvalue weighted by Crippen LogP contribution is -2.38. The highest BCUT2D eigenvalue weighted by Crippen LogP contribution is 2.38. The highest BCUT2D eigenvalue weighted by molar-refractivity contribution is 7.46. The molecule has 0 fully saturated rings. The molecule has 31 heavy (non-hydrogen) atoms. The lowest BCUT2D eigenvalue weighted by Gasteiger charge is -2.21. The zero-order chi connectivity index (χ0) is 22.6. The topological polar surface area (TPSA) is 151 Å². The third-order valence-corrected chi connectivity index (χ3v) is 5.51. The van der Waals surface area contributed by atoms with Crippen molar-refractivity contribution in [2.75, 3.05) is 7.11 Å². The molecule has 1 aliphatic carbocycles. The van der Waals surface area contributed by atoms with Crippen LogP contribution in [0.2, 0.25) is 0 Å².